The first-order chi connectivity index (χ1) is 15.9. The van der Waals surface area contributed by atoms with Crippen LogP contribution in [0.1, 0.15) is 10.4 Å². The Balaban J connectivity index is 1.51. The number of hydrogen-bond donors (Lipinski definition) is 1. The molecule has 0 atom stereocenters. The molecular weight excluding hydrogens is 518 g/mol. The summed E-state index contributed by atoms with van der Waals surface area (Å²) in [6, 6.07) is 5.59. The van der Waals surface area contributed by atoms with E-state index in [4.69, 9.17) is 4.74 Å². The van der Waals surface area contributed by atoms with Crippen LogP contribution >= 0.6 is 27.3 Å². The molecule has 0 radical (unpaired) electrons. The van der Waals surface area contributed by atoms with Crippen LogP contribution in [0.3, 0.4) is 0 Å². The van der Waals surface area contributed by atoms with Crippen LogP contribution in [-0.2, 0) is 11.2 Å². The smallest absolute Gasteiger partial charge is 0.300 e. The van der Waals surface area contributed by atoms with Gasteiger partial charge in [-0.25, -0.2) is 18.7 Å². The predicted octanol–water partition coefficient (Wildman–Crippen LogP) is 3.99. The summed E-state index contributed by atoms with van der Waals surface area (Å²) in [6.07, 6.45) is 3.55. The zero-order valence-corrected chi connectivity index (χ0v) is 19.5. The molecule has 0 amide bonds. The van der Waals surface area contributed by atoms with Gasteiger partial charge in [-0.2, -0.15) is 0 Å². The van der Waals surface area contributed by atoms with Crippen LogP contribution < -0.4 is 10.5 Å². The minimum absolute atomic E-state index is 0.0707. The van der Waals surface area contributed by atoms with E-state index >= 15 is 0 Å². The zero-order chi connectivity index (χ0) is 23.1. The van der Waals surface area contributed by atoms with Crippen molar-refractivity contribution in [2.75, 3.05) is 31.2 Å². The number of halogens is 3. The van der Waals surface area contributed by atoms with Gasteiger partial charge in [-0.1, -0.05) is 6.07 Å². The average Bonchev–Trinajstić information content (AvgIpc) is 3.27. The summed E-state index contributed by atoms with van der Waals surface area (Å²) in [4.78, 5) is 24.6. The lowest BCUT2D eigenvalue weighted by Crippen LogP contribution is -2.36. The summed E-state index contributed by atoms with van der Waals surface area (Å²) in [5, 5.41) is 11.0. The van der Waals surface area contributed by atoms with Crippen molar-refractivity contribution in [3.63, 3.8) is 0 Å². The molecule has 33 heavy (non-hydrogen) atoms. The Morgan fingerprint density at radius 3 is 2.73 bits per heavy atom. The van der Waals surface area contributed by atoms with Crippen molar-refractivity contribution in [2.24, 2.45) is 0 Å². The molecule has 0 bridgehead atoms. The van der Waals surface area contributed by atoms with Gasteiger partial charge in [-0.3, -0.25) is 9.20 Å². The quantitative estimate of drug-likeness (QED) is 0.426. The van der Waals surface area contributed by atoms with E-state index in [1.165, 1.54) is 21.8 Å². The number of morpholine rings is 1. The fraction of sp³-hybridized carbons (Fsp3) is 0.227. The minimum Gasteiger partial charge on any atom is -0.501 e. The molecule has 1 N–H and O–H groups in total. The summed E-state index contributed by atoms with van der Waals surface area (Å²) in [5.41, 5.74) is 1.21. The van der Waals surface area contributed by atoms with Gasteiger partial charge in [0.25, 0.3) is 0 Å². The van der Waals surface area contributed by atoms with E-state index in [9.17, 15) is 18.7 Å². The van der Waals surface area contributed by atoms with Crippen LogP contribution in [-0.4, -0.2) is 45.8 Å². The zero-order valence-electron chi connectivity index (χ0n) is 17.1. The highest BCUT2D eigenvalue weighted by atomic mass is 79.9. The Morgan fingerprint density at radius 1 is 1.18 bits per heavy atom. The summed E-state index contributed by atoms with van der Waals surface area (Å²) < 4.78 is 34.0. The fourth-order valence-electron chi connectivity index (χ4n) is 3.67. The van der Waals surface area contributed by atoms with E-state index in [2.05, 4.69) is 30.8 Å². The lowest BCUT2D eigenvalue weighted by molar-refractivity contribution is 0.122. The third-order valence-corrected chi connectivity index (χ3v) is 6.92. The summed E-state index contributed by atoms with van der Waals surface area (Å²) in [6.45, 7) is 2.60. The second-order valence-corrected chi connectivity index (χ2v) is 9.48. The molecule has 0 spiro atoms. The van der Waals surface area contributed by atoms with Gasteiger partial charge >= 0.3 is 5.56 Å². The van der Waals surface area contributed by atoms with Crippen molar-refractivity contribution in [3.05, 3.63) is 73.6 Å². The van der Waals surface area contributed by atoms with Crippen molar-refractivity contribution < 1.29 is 18.6 Å². The molecule has 1 aliphatic heterocycles. The van der Waals surface area contributed by atoms with Crippen LogP contribution in [0.5, 0.6) is 5.75 Å². The first-order valence-electron chi connectivity index (χ1n) is 10.1. The van der Waals surface area contributed by atoms with E-state index in [1.807, 2.05) is 6.07 Å². The molecule has 0 saturated carbocycles. The van der Waals surface area contributed by atoms with E-state index < -0.39 is 22.9 Å². The van der Waals surface area contributed by atoms with Gasteiger partial charge in [0.2, 0.25) is 5.75 Å². The van der Waals surface area contributed by atoms with Gasteiger partial charge < -0.3 is 14.7 Å². The second-order valence-electron chi connectivity index (χ2n) is 7.51. The Labute approximate surface area is 199 Å². The van der Waals surface area contributed by atoms with E-state index in [-0.39, 0.29) is 5.69 Å². The Morgan fingerprint density at radius 2 is 1.97 bits per heavy atom. The van der Waals surface area contributed by atoms with Crippen molar-refractivity contribution >= 4 is 38.6 Å². The van der Waals surface area contributed by atoms with E-state index in [0.29, 0.717) is 53.4 Å². The van der Waals surface area contributed by atoms with Gasteiger partial charge in [0.1, 0.15) is 10.7 Å². The second kappa shape index (κ2) is 8.81. The van der Waals surface area contributed by atoms with Crippen LogP contribution in [0.2, 0.25) is 0 Å². The average molecular weight is 535 g/mol. The molecule has 0 aliphatic carbocycles. The number of ether oxygens (including phenoxy) is 1. The molecule has 7 nitrogen and oxygen atoms in total. The number of fused-ring (bicyclic) bond motifs is 1. The van der Waals surface area contributed by atoms with E-state index in [0.717, 1.165) is 22.7 Å². The van der Waals surface area contributed by atoms with Crippen LogP contribution in [0.4, 0.5) is 14.5 Å². The highest BCUT2D eigenvalue weighted by Crippen LogP contribution is 2.32. The van der Waals surface area contributed by atoms with Crippen molar-refractivity contribution in [2.45, 2.75) is 6.42 Å². The number of thiazole rings is 1. The summed E-state index contributed by atoms with van der Waals surface area (Å²) in [5.74, 6) is -2.33. The van der Waals surface area contributed by atoms with Crippen LogP contribution in [0, 0.1) is 11.6 Å². The monoisotopic (exact) mass is 534 g/mol. The molecule has 1 aromatic carbocycles. The third-order valence-electron chi connectivity index (χ3n) is 5.34. The number of aromatic nitrogens is 3. The first-order valence-corrected chi connectivity index (χ1v) is 11.7. The largest absolute Gasteiger partial charge is 0.501 e. The molecule has 1 fully saturated rings. The van der Waals surface area contributed by atoms with Gasteiger partial charge in [-0.05, 0) is 39.7 Å². The fourth-order valence-corrected chi connectivity index (χ4v) is 5.12. The molecule has 4 heterocycles. The molecule has 170 valence electrons. The molecule has 5 rings (SSSR count). The maximum absolute atomic E-state index is 13.5. The number of nitrogens with zero attached hydrogens (tertiary/aromatic N) is 4. The number of anilines is 1. The molecule has 1 aliphatic rings. The third kappa shape index (κ3) is 4.23. The van der Waals surface area contributed by atoms with Crippen LogP contribution in [0.15, 0.2) is 45.9 Å². The van der Waals surface area contributed by atoms with Crippen molar-refractivity contribution in [3.8, 4) is 16.5 Å². The molecule has 1 saturated heterocycles. The standard InChI is InChI=1S/C22H17BrF2N4O3S/c23-15-9-13(28-3-5-32-6-4-28)11-29-20(15)27-18(19(30)22(29)31)21-26-10-14(33-21)7-12-1-2-16(24)17(25)8-12/h1-2,8-11,30H,3-7H2. The topological polar surface area (TPSA) is 80.0 Å². The molecule has 4 aromatic rings. The first kappa shape index (κ1) is 21.9. The number of rotatable bonds is 4. The maximum Gasteiger partial charge on any atom is 0.300 e. The molecule has 11 heteroatoms. The maximum atomic E-state index is 13.5. The van der Waals surface area contributed by atoms with E-state index in [1.54, 1.807) is 12.4 Å². The van der Waals surface area contributed by atoms with Crippen molar-refractivity contribution in [1.29, 1.82) is 0 Å². The highest BCUT2D eigenvalue weighted by Gasteiger charge is 2.20. The lowest BCUT2D eigenvalue weighted by Gasteiger charge is -2.29. The number of aromatic hydroxyl groups is 1. The number of benzene rings is 1. The van der Waals surface area contributed by atoms with Crippen molar-refractivity contribution in [1.82, 2.24) is 14.4 Å². The number of pyridine rings is 1. The predicted molar refractivity (Wildman–Crippen MR) is 124 cm³/mol. The van der Waals surface area contributed by atoms with Gasteiger partial charge in [0.05, 0.1) is 23.4 Å². The Bertz CT molecular complexity index is 1420. The van der Waals surface area contributed by atoms with Gasteiger partial charge in [0, 0.05) is 36.8 Å². The molecular formula is C22H17BrF2N4O3S. The Kier molecular flexibility index (Phi) is 5.85. The molecule has 0 unspecified atom stereocenters. The molecule has 3 aromatic heterocycles. The number of hydrogen-bond acceptors (Lipinski definition) is 7. The normalized spacial score (nSPS) is 14.2. The minimum atomic E-state index is -0.916. The Hall–Kier alpha value is -2.89. The lowest BCUT2D eigenvalue weighted by atomic mass is 10.1. The van der Waals surface area contributed by atoms with Gasteiger partial charge in [-0.15, -0.1) is 11.3 Å². The van der Waals surface area contributed by atoms with Gasteiger partial charge in [0.15, 0.2) is 17.3 Å². The summed E-state index contributed by atoms with van der Waals surface area (Å²) >= 11 is 4.72. The summed E-state index contributed by atoms with van der Waals surface area (Å²) in [7, 11) is 0. The SMILES string of the molecule is O=c1c(O)c(-c2ncc(Cc3ccc(F)c(F)c3)s2)nc2c(Br)cc(N3CCOCC3)cn12. The highest BCUT2D eigenvalue weighted by molar-refractivity contribution is 9.10. The van der Waals surface area contributed by atoms with Crippen LogP contribution in [0.25, 0.3) is 16.3 Å².